The summed E-state index contributed by atoms with van der Waals surface area (Å²) in [5.74, 6) is -1.26. The number of H-pyrrole nitrogens is 1. The van der Waals surface area contributed by atoms with Crippen LogP contribution in [0.4, 0.5) is 11.5 Å². The van der Waals surface area contributed by atoms with E-state index in [0.29, 0.717) is 41.1 Å². The Balaban J connectivity index is 0.634. The molecule has 4 N–H and O–H groups in total. The number of halogens is 2. The van der Waals surface area contributed by atoms with Gasteiger partial charge in [0.05, 0.1) is 66.1 Å². The number of amides is 6. The summed E-state index contributed by atoms with van der Waals surface area (Å²) in [7, 11) is 0. The molecule has 348 valence electrons. The first-order chi connectivity index (χ1) is 32.4. The van der Waals surface area contributed by atoms with Crippen LogP contribution in [0.1, 0.15) is 58.6 Å². The average Bonchev–Trinajstić information content (AvgIpc) is 3.81. The molecular formula is C46H46Cl2N10O9. The zero-order chi connectivity index (χ0) is 46.8. The highest BCUT2D eigenvalue weighted by atomic mass is 35.5. The molecule has 4 aliphatic rings. The lowest BCUT2D eigenvalue weighted by Crippen LogP contribution is -2.73. The van der Waals surface area contributed by atoms with Crippen molar-refractivity contribution >= 4 is 81.1 Å². The van der Waals surface area contributed by atoms with Gasteiger partial charge in [-0.15, -0.1) is 0 Å². The predicted molar refractivity (Wildman–Crippen MR) is 245 cm³/mol. The Morgan fingerprint density at radius 3 is 2.45 bits per heavy atom. The minimum atomic E-state index is -1.09. The van der Waals surface area contributed by atoms with Gasteiger partial charge in [0.25, 0.3) is 11.8 Å². The molecular weight excluding hydrogens is 907 g/mol. The summed E-state index contributed by atoms with van der Waals surface area (Å²) in [4.78, 5) is 89.3. The van der Waals surface area contributed by atoms with Crippen LogP contribution in [-0.2, 0) is 28.7 Å². The molecule has 6 amide bonds. The molecule has 19 nitrogen and oxygen atoms in total. The van der Waals surface area contributed by atoms with Crippen LogP contribution in [0.15, 0.2) is 67.1 Å². The van der Waals surface area contributed by atoms with Crippen molar-refractivity contribution in [3.63, 3.8) is 0 Å². The summed E-state index contributed by atoms with van der Waals surface area (Å²) < 4.78 is 17.4. The fourth-order valence-corrected chi connectivity index (χ4v) is 9.61. The Labute approximate surface area is 393 Å². The zero-order valence-electron chi connectivity index (χ0n) is 36.3. The second kappa shape index (κ2) is 19.3. The van der Waals surface area contributed by atoms with Crippen LogP contribution in [0.5, 0.6) is 5.75 Å². The van der Waals surface area contributed by atoms with Gasteiger partial charge < -0.3 is 34.6 Å². The lowest BCUT2D eigenvalue weighted by Gasteiger charge is -2.60. The van der Waals surface area contributed by atoms with Gasteiger partial charge in [-0.05, 0) is 55.8 Å². The van der Waals surface area contributed by atoms with Gasteiger partial charge in [-0.25, -0.2) is 4.98 Å². The Morgan fingerprint density at radius 1 is 0.925 bits per heavy atom. The Bertz CT molecular complexity index is 2740. The smallest absolute Gasteiger partial charge is 0.264 e. The lowest BCUT2D eigenvalue weighted by atomic mass is 9.72. The number of hydrogen-bond donors (Lipinski definition) is 4. The molecule has 7 heterocycles. The lowest BCUT2D eigenvalue weighted by molar-refractivity contribution is -0.146. The van der Waals surface area contributed by atoms with Crippen LogP contribution in [0.3, 0.4) is 0 Å². The number of ether oxygens (including phenoxy) is 3. The van der Waals surface area contributed by atoms with Crippen molar-refractivity contribution < 1.29 is 43.0 Å². The fourth-order valence-electron chi connectivity index (χ4n) is 8.94. The first-order valence-electron chi connectivity index (χ1n) is 21.8. The molecule has 1 spiro atoms. The van der Waals surface area contributed by atoms with Crippen molar-refractivity contribution in [1.82, 2.24) is 40.6 Å². The molecule has 2 aromatic carbocycles. The SMILES string of the molecule is C[C@@H](Oc1ccc2[nH]nc(-c3ccc(N4CC5(CN(C(=O)CCOCCOCCNC(=O)CNc6cccc7c6C(=O)N(C6CCC(=O)NC6=O)C7=O)C5)C4)nc3)c2c1)c1c(Cl)cncc1Cl. The molecule has 0 aliphatic carbocycles. The number of hydrogen-bond acceptors (Lipinski definition) is 14. The van der Waals surface area contributed by atoms with Crippen molar-refractivity contribution in [2.45, 2.75) is 38.3 Å². The Morgan fingerprint density at radius 2 is 1.70 bits per heavy atom. The number of pyridine rings is 2. The fraction of sp³-hybridized carbons (Fsp3) is 0.370. The summed E-state index contributed by atoms with van der Waals surface area (Å²) >= 11 is 12.7. The predicted octanol–water partition coefficient (Wildman–Crippen LogP) is 4.17. The maximum Gasteiger partial charge on any atom is 0.264 e. The molecule has 5 aromatic rings. The van der Waals surface area contributed by atoms with E-state index >= 15 is 0 Å². The van der Waals surface area contributed by atoms with E-state index in [1.54, 1.807) is 24.5 Å². The number of piperidine rings is 1. The molecule has 0 bridgehead atoms. The van der Waals surface area contributed by atoms with Crippen LogP contribution < -0.4 is 25.6 Å². The molecule has 4 aliphatic heterocycles. The van der Waals surface area contributed by atoms with Gasteiger partial charge in [0.2, 0.25) is 23.6 Å². The van der Waals surface area contributed by atoms with Gasteiger partial charge in [-0.1, -0.05) is 29.3 Å². The number of carbonyl (C=O) groups is 6. The number of anilines is 2. The summed E-state index contributed by atoms with van der Waals surface area (Å²) in [6, 6.07) is 13.3. The van der Waals surface area contributed by atoms with Gasteiger partial charge in [-0.3, -0.25) is 49.1 Å². The number of rotatable bonds is 18. The molecule has 21 heteroatoms. The normalized spacial score (nSPS) is 17.8. The van der Waals surface area contributed by atoms with Crippen molar-refractivity contribution in [2.75, 3.05) is 75.9 Å². The second-order valence-corrected chi connectivity index (χ2v) is 17.7. The van der Waals surface area contributed by atoms with Gasteiger partial charge in [0, 0.05) is 85.4 Å². The number of imide groups is 2. The summed E-state index contributed by atoms with van der Waals surface area (Å²) in [5.41, 5.74) is 3.67. The molecule has 3 aromatic heterocycles. The number of nitrogens with one attached hydrogen (secondary N) is 4. The molecule has 9 rings (SSSR count). The molecule has 67 heavy (non-hydrogen) atoms. The summed E-state index contributed by atoms with van der Waals surface area (Å²) in [6.07, 6.45) is 4.83. The third kappa shape index (κ3) is 9.49. The van der Waals surface area contributed by atoms with Crippen molar-refractivity contribution in [2.24, 2.45) is 5.41 Å². The van der Waals surface area contributed by atoms with E-state index in [0.717, 1.165) is 46.0 Å². The third-order valence-electron chi connectivity index (χ3n) is 12.3. The number of carbonyl (C=O) groups excluding carboxylic acids is 6. The largest absolute Gasteiger partial charge is 0.486 e. The highest BCUT2D eigenvalue weighted by Gasteiger charge is 2.53. The third-order valence-corrected chi connectivity index (χ3v) is 12.9. The number of likely N-dealkylation sites (tertiary alicyclic amines) is 1. The average molecular weight is 954 g/mol. The zero-order valence-corrected chi connectivity index (χ0v) is 37.8. The summed E-state index contributed by atoms with van der Waals surface area (Å²) in [6.45, 7) is 6.02. The van der Waals surface area contributed by atoms with E-state index in [4.69, 9.17) is 42.4 Å². The topological polar surface area (TPSA) is 230 Å². The molecule has 0 radical (unpaired) electrons. The Kier molecular flexibility index (Phi) is 13.1. The van der Waals surface area contributed by atoms with E-state index < -0.39 is 35.8 Å². The van der Waals surface area contributed by atoms with Gasteiger partial charge >= 0.3 is 0 Å². The van der Waals surface area contributed by atoms with Crippen LogP contribution in [0, 0.1) is 5.41 Å². The maximum absolute atomic E-state index is 13.3. The van der Waals surface area contributed by atoms with Crippen molar-refractivity contribution in [3.8, 4) is 17.0 Å². The van der Waals surface area contributed by atoms with E-state index in [2.05, 4.69) is 36.0 Å². The van der Waals surface area contributed by atoms with Gasteiger partial charge in [0.15, 0.2) is 0 Å². The summed E-state index contributed by atoms with van der Waals surface area (Å²) in [5, 5.41) is 17.2. The van der Waals surface area contributed by atoms with E-state index in [9.17, 15) is 28.8 Å². The number of aromatic nitrogens is 4. The highest BCUT2D eigenvalue weighted by molar-refractivity contribution is 6.35. The number of benzene rings is 2. The first kappa shape index (κ1) is 45.5. The standard InChI is InChI=1S/C46H46Cl2N10O9/c1-26(40-31(47)19-49-20-32(40)48)67-28-6-7-33-30(17-28)42(55-54-33)27-5-9-36(52-18-27)56-22-46(23-56)24-57(25-46)39(61)11-13-65-15-16-66-14-12-50-38(60)21-51-34-4-2-3-29-41(34)45(64)58(44(29)63)35-8-10-37(59)53-43(35)62/h2-7,9,17-20,26,35,51H,8,10-16,21-25H2,1H3,(H,50,60)(H,54,55)(H,53,59,62)/t26-,35?/m1/s1. The Hall–Kier alpha value is -6.67. The van der Waals surface area contributed by atoms with Crippen molar-refractivity contribution in [1.29, 1.82) is 0 Å². The van der Waals surface area contributed by atoms with Crippen LogP contribution >= 0.6 is 23.2 Å². The molecule has 3 saturated heterocycles. The van der Waals surface area contributed by atoms with Crippen LogP contribution in [-0.4, -0.2) is 137 Å². The van der Waals surface area contributed by atoms with Crippen molar-refractivity contribution in [3.05, 3.63) is 93.9 Å². The number of fused-ring (bicyclic) bond motifs is 2. The van der Waals surface area contributed by atoms with Gasteiger partial charge in [0.1, 0.15) is 29.4 Å². The minimum absolute atomic E-state index is 0.0164. The quantitative estimate of drug-likeness (QED) is 0.0714. The molecule has 1 unspecified atom stereocenters. The van der Waals surface area contributed by atoms with E-state index in [1.807, 2.05) is 48.4 Å². The minimum Gasteiger partial charge on any atom is -0.486 e. The maximum atomic E-state index is 13.3. The van der Waals surface area contributed by atoms with E-state index in [-0.39, 0.29) is 86.2 Å². The monoisotopic (exact) mass is 952 g/mol. The van der Waals surface area contributed by atoms with Crippen LogP contribution in [0.25, 0.3) is 22.2 Å². The van der Waals surface area contributed by atoms with Crippen LogP contribution in [0.2, 0.25) is 10.0 Å². The second-order valence-electron chi connectivity index (χ2n) is 16.9. The highest BCUT2D eigenvalue weighted by Crippen LogP contribution is 2.42. The first-order valence-corrected chi connectivity index (χ1v) is 22.6. The van der Waals surface area contributed by atoms with E-state index in [1.165, 1.54) is 6.07 Å². The molecule has 2 atom stereocenters. The molecule has 3 fully saturated rings. The number of nitrogens with zero attached hydrogens (tertiary/aromatic N) is 6. The number of aromatic amines is 1. The van der Waals surface area contributed by atoms with Gasteiger partial charge in [-0.2, -0.15) is 5.10 Å². The molecule has 0 saturated carbocycles.